The Morgan fingerprint density at radius 2 is 1.88 bits per heavy atom. The number of rotatable bonds is 5. The van der Waals surface area contributed by atoms with Crippen molar-refractivity contribution in [2.75, 3.05) is 0 Å². The molecule has 2 N–H and O–H groups in total. The SMILES string of the molecule is CCC(N)CCc1cc(C)nc2c(-c3ccc(C)cc3C)c(C)nn12. The maximum atomic E-state index is 6.12. The van der Waals surface area contributed by atoms with Gasteiger partial charge in [0.05, 0.1) is 5.69 Å². The minimum absolute atomic E-state index is 0.235. The molecular formula is C21H28N4. The van der Waals surface area contributed by atoms with Crippen LogP contribution < -0.4 is 5.73 Å². The second-order valence-electron chi connectivity index (χ2n) is 7.11. The highest BCUT2D eigenvalue weighted by molar-refractivity contribution is 5.82. The molecule has 1 unspecified atom stereocenters. The van der Waals surface area contributed by atoms with E-state index in [9.17, 15) is 0 Å². The van der Waals surface area contributed by atoms with E-state index in [-0.39, 0.29) is 6.04 Å². The number of benzene rings is 1. The summed E-state index contributed by atoms with van der Waals surface area (Å²) in [5, 5.41) is 4.81. The minimum atomic E-state index is 0.235. The van der Waals surface area contributed by atoms with Gasteiger partial charge in [0, 0.05) is 23.0 Å². The van der Waals surface area contributed by atoms with E-state index in [1.165, 1.54) is 22.4 Å². The fraction of sp³-hybridized carbons (Fsp3) is 0.429. The Morgan fingerprint density at radius 3 is 2.56 bits per heavy atom. The second kappa shape index (κ2) is 6.96. The van der Waals surface area contributed by atoms with Gasteiger partial charge in [0.1, 0.15) is 0 Å². The lowest BCUT2D eigenvalue weighted by atomic mass is 9.99. The number of aryl methyl sites for hydroxylation is 5. The van der Waals surface area contributed by atoms with Gasteiger partial charge in [0.15, 0.2) is 5.65 Å². The van der Waals surface area contributed by atoms with Crippen LogP contribution in [0.15, 0.2) is 24.3 Å². The summed E-state index contributed by atoms with van der Waals surface area (Å²) in [5.74, 6) is 0. The number of hydrogen-bond acceptors (Lipinski definition) is 3. The Hall–Kier alpha value is -2.20. The van der Waals surface area contributed by atoms with Gasteiger partial charge >= 0.3 is 0 Å². The summed E-state index contributed by atoms with van der Waals surface area (Å²) in [4.78, 5) is 4.81. The van der Waals surface area contributed by atoms with Crippen molar-refractivity contribution >= 4 is 5.65 Å². The van der Waals surface area contributed by atoms with Gasteiger partial charge in [0.25, 0.3) is 0 Å². The summed E-state index contributed by atoms with van der Waals surface area (Å²) in [5.41, 5.74) is 15.2. The molecule has 2 aromatic heterocycles. The third-order valence-electron chi connectivity index (χ3n) is 4.91. The third kappa shape index (κ3) is 3.45. The predicted octanol–water partition coefficient (Wildman–Crippen LogP) is 4.30. The molecule has 0 aliphatic carbocycles. The number of nitrogens with zero attached hydrogens (tertiary/aromatic N) is 3. The van der Waals surface area contributed by atoms with E-state index in [1.807, 2.05) is 4.52 Å². The largest absolute Gasteiger partial charge is 0.328 e. The summed E-state index contributed by atoms with van der Waals surface area (Å²) < 4.78 is 2.01. The highest BCUT2D eigenvalue weighted by Crippen LogP contribution is 2.31. The zero-order chi connectivity index (χ0) is 18.1. The molecule has 1 atom stereocenters. The zero-order valence-corrected chi connectivity index (χ0v) is 15.9. The molecule has 0 spiro atoms. The molecule has 0 aliphatic rings. The highest BCUT2D eigenvalue weighted by Gasteiger charge is 2.17. The first kappa shape index (κ1) is 17.6. The highest BCUT2D eigenvalue weighted by atomic mass is 15.3. The van der Waals surface area contributed by atoms with Crippen LogP contribution >= 0.6 is 0 Å². The molecule has 25 heavy (non-hydrogen) atoms. The van der Waals surface area contributed by atoms with Gasteiger partial charge in [-0.05, 0) is 64.2 Å². The Morgan fingerprint density at radius 1 is 1.12 bits per heavy atom. The summed E-state index contributed by atoms with van der Waals surface area (Å²) in [6, 6.07) is 8.93. The van der Waals surface area contributed by atoms with Crippen molar-refractivity contribution < 1.29 is 0 Å². The van der Waals surface area contributed by atoms with Gasteiger partial charge in [-0.25, -0.2) is 9.50 Å². The van der Waals surface area contributed by atoms with E-state index < -0.39 is 0 Å². The van der Waals surface area contributed by atoms with Crippen LogP contribution in [0.4, 0.5) is 0 Å². The van der Waals surface area contributed by atoms with Crippen molar-refractivity contribution in [2.45, 2.75) is 59.9 Å². The van der Waals surface area contributed by atoms with Crippen molar-refractivity contribution in [3.05, 3.63) is 52.5 Å². The van der Waals surface area contributed by atoms with Gasteiger partial charge in [-0.3, -0.25) is 0 Å². The van der Waals surface area contributed by atoms with Crippen molar-refractivity contribution in [1.82, 2.24) is 14.6 Å². The van der Waals surface area contributed by atoms with Crippen molar-refractivity contribution in [1.29, 1.82) is 0 Å². The lowest BCUT2D eigenvalue weighted by Gasteiger charge is -2.11. The fourth-order valence-corrected chi connectivity index (χ4v) is 3.45. The van der Waals surface area contributed by atoms with E-state index in [2.05, 4.69) is 58.9 Å². The molecule has 4 nitrogen and oxygen atoms in total. The summed E-state index contributed by atoms with van der Waals surface area (Å²) >= 11 is 0. The van der Waals surface area contributed by atoms with Gasteiger partial charge in [-0.1, -0.05) is 30.7 Å². The van der Waals surface area contributed by atoms with Gasteiger partial charge < -0.3 is 5.73 Å². The summed E-state index contributed by atoms with van der Waals surface area (Å²) in [7, 11) is 0. The fourth-order valence-electron chi connectivity index (χ4n) is 3.45. The van der Waals surface area contributed by atoms with Crippen LogP contribution in [-0.4, -0.2) is 20.6 Å². The smallest absolute Gasteiger partial charge is 0.163 e. The average molecular weight is 336 g/mol. The molecule has 4 heteroatoms. The van der Waals surface area contributed by atoms with E-state index in [1.54, 1.807) is 0 Å². The minimum Gasteiger partial charge on any atom is -0.328 e. The third-order valence-corrected chi connectivity index (χ3v) is 4.91. The molecular weight excluding hydrogens is 308 g/mol. The van der Waals surface area contributed by atoms with E-state index in [0.717, 1.165) is 41.9 Å². The van der Waals surface area contributed by atoms with Crippen molar-refractivity contribution in [3.63, 3.8) is 0 Å². The Kier molecular flexibility index (Phi) is 4.91. The van der Waals surface area contributed by atoms with Crippen LogP contribution in [0.1, 0.15) is 48.0 Å². The number of hydrogen-bond donors (Lipinski definition) is 1. The Labute approximate surface area is 150 Å². The topological polar surface area (TPSA) is 56.2 Å². The van der Waals surface area contributed by atoms with Gasteiger partial charge in [0.2, 0.25) is 0 Å². The van der Waals surface area contributed by atoms with Gasteiger partial charge in [-0.15, -0.1) is 0 Å². The molecule has 0 bridgehead atoms. The molecule has 0 radical (unpaired) electrons. The molecule has 3 rings (SSSR count). The predicted molar refractivity (Wildman–Crippen MR) is 104 cm³/mol. The molecule has 1 aromatic carbocycles. The number of aromatic nitrogens is 3. The standard InChI is InChI=1S/C21H28N4/c1-6-17(22)8-9-18-12-15(4)23-21-20(16(5)24-25(18)21)19-10-7-13(2)11-14(19)3/h7,10-12,17H,6,8-9,22H2,1-5H3. The van der Waals surface area contributed by atoms with Crippen LogP contribution in [0.25, 0.3) is 16.8 Å². The molecule has 2 heterocycles. The van der Waals surface area contributed by atoms with Crippen LogP contribution in [-0.2, 0) is 6.42 Å². The van der Waals surface area contributed by atoms with Crippen LogP contribution in [0, 0.1) is 27.7 Å². The number of nitrogens with two attached hydrogens (primary N) is 1. The van der Waals surface area contributed by atoms with Crippen LogP contribution in [0.2, 0.25) is 0 Å². The quantitative estimate of drug-likeness (QED) is 0.756. The monoisotopic (exact) mass is 336 g/mol. The Balaban J connectivity index is 2.15. The molecule has 132 valence electrons. The molecule has 0 aliphatic heterocycles. The molecule has 0 saturated carbocycles. The first-order chi connectivity index (χ1) is 11.9. The maximum Gasteiger partial charge on any atom is 0.163 e. The molecule has 0 saturated heterocycles. The Bertz CT molecular complexity index is 908. The van der Waals surface area contributed by atoms with Crippen LogP contribution in [0.5, 0.6) is 0 Å². The van der Waals surface area contributed by atoms with E-state index in [0.29, 0.717) is 0 Å². The normalized spacial score (nSPS) is 12.7. The second-order valence-corrected chi connectivity index (χ2v) is 7.11. The van der Waals surface area contributed by atoms with Crippen molar-refractivity contribution in [3.8, 4) is 11.1 Å². The summed E-state index contributed by atoms with van der Waals surface area (Å²) in [6.45, 7) is 10.5. The van der Waals surface area contributed by atoms with E-state index >= 15 is 0 Å². The van der Waals surface area contributed by atoms with E-state index in [4.69, 9.17) is 15.8 Å². The average Bonchev–Trinajstić information content (AvgIpc) is 2.88. The van der Waals surface area contributed by atoms with Crippen molar-refractivity contribution in [2.24, 2.45) is 5.73 Å². The first-order valence-electron chi connectivity index (χ1n) is 9.09. The molecule has 3 aromatic rings. The zero-order valence-electron chi connectivity index (χ0n) is 15.9. The molecule has 0 amide bonds. The lowest BCUT2D eigenvalue weighted by molar-refractivity contribution is 0.584. The first-order valence-corrected chi connectivity index (χ1v) is 9.09. The van der Waals surface area contributed by atoms with Gasteiger partial charge in [-0.2, -0.15) is 5.10 Å². The number of fused-ring (bicyclic) bond motifs is 1. The lowest BCUT2D eigenvalue weighted by Crippen LogP contribution is -2.20. The summed E-state index contributed by atoms with van der Waals surface area (Å²) in [6.07, 6.45) is 2.88. The molecule has 0 fully saturated rings. The van der Waals surface area contributed by atoms with Crippen LogP contribution in [0.3, 0.4) is 0 Å². The maximum absolute atomic E-state index is 6.12.